The highest BCUT2D eigenvalue weighted by atomic mass is 16.6. The van der Waals surface area contributed by atoms with E-state index < -0.39 is 0 Å². The van der Waals surface area contributed by atoms with Crippen LogP contribution in [0, 0.1) is 5.92 Å². The highest BCUT2D eigenvalue weighted by molar-refractivity contribution is 5.79. The standard InChI is InChI=1S/C21H30N2O3/c1-3-26-21(25)23-12-10-17(11-13-23)20(24)22-15(2)18-9-8-16-6-4-5-7-19(16)14-18/h8-9,14-15,17H,3-7,10-13H2,1-2H3,(H,22,24). The second-order valence-corrected chi connectivity index (χ2v) is 7.43. The minimum atomic E-state index is -0.270. The number of rotatable bonds is 4. The number of hydrogen-bond donors (Lipinski definition) is 1. The van der Waals surface area contributed by atoms with Crippen LogP contribution < -0.4 is 5.32 Å². The zero-order valence-corrected chi connectivity index (χ0v) is 15.9. The molecule has 0 aromatic heterocycles. The van der Waals surface area contributed by atoms with Crippen molar-refractivity contribution in [3.63, 3.8) is 0 Å². The van der Waals surface area contributed by atoms with E-state index in [0.717, 1.165) is 6.42 Å². The van der Waals surface area contributed by atoms with Gasteiger partial charge in [0.25, 0.3) is 0 Å². The van der Waals surface area contributed by atoms with Gasteiger partial charge in [0, 0.05) is 19.0 Å². The molecular formula is C21H30N2O3. The molecule has 0 radical (unpaired) electrons. The molecule has 1 aromatic rings. The monoisotopic (exact) mass is 358 g/mol. The van der Waals surface area contributed by atoms with Gasteiger partial charge < -0.3 is 15.0 Å². The second-order valence-electron chi connectivity index (χ2n) is 7.43. The Kier molecular flexibility index (Phi) is 6.17. The fraction of sp³-hybridized carbons (Fsp3) is 0.619. The van der Waals surface area contributed by atoms with Crippen LogP contribution in [0.25, 0.3) is 0 Å². The average Bonchev–Trinajstić information content (AvgIpc) is 2.67. The molecule has 1 N–H and O–H groups in total. The number of fused-ring (bicyclic) bond motifs is 1. The summed E-state index contributed by atoms with van der Waals surface area (Å²) < 4.78 is 5.03. The Hall–Kier alpha value is -2.04. The molecule has 0 saturated carbocycles. The average molecular weight is 358 g/mol. The van der Waals surface area contributed by atoms with Crippen LogP contribution in [0.5, 0.6) is 0 Å². The van der Waals surface area contributed by atoms with Gasteiger partial charge in [-0.25, -0.2) is 4.79 Å². The van der Waals surface area contributed by atoms with Crippen LogP contribution >= 0.6 is 0 Å². The first kappa shape index (κ1) is 18.7. The maximum absolute atomic E-state index is 12.6. The normalized spacial score (nSPS) is 18.8. The van der Waals surface area contributed by atoms with Gasteiger partial charge in [-0.05, 0) is 69.1 Å². The van der Waals surface area contributed by atoms with Gasteiger partial charge in [0.15, 0.2) is 0 Å². The largest absolute Gasteiger partial charge is 0.450 e. The minimum Gasteiger partial charge on any atom is -0.450 e. The molecule has 1 unspecified atom stereocenters. The molecule has 142 valence electrons. The molecule has 1 aliphatic heterocycles. The van der Waals surface area contributed by atoms with Gasteiger partial charge in [-0.3, -0.25) is 4.79 Å². The van der Waals surface area contributed by atoms with E-state index in [1.165, 1.54) is 36.0 Å². The SMILES string of the molecule is CCOC(=O)N1CCC(C(=O)NC(C)c2ccc3c(c2)CCCC3)CC1. The number of carbonyl (C=O) groups is 2. The second kappa shape index (κ2) is 8.56. The Balaban J connectivity index is 1.53. The number of nitrogens with one attached hydrogen (secondary N) is 1. The molecule has 1 saturated heterocycles. The summed E-state index contributed by atoms with van der Waals surface area (Å²) in [6, 6.07) is 6.66. The van der Waals surface area contributed by atoms with Crippen LogP contribution in [0.1, 0.15) is 62.3 Å². The zero-order chi connectivity index (χ0) is 18.5. The predicted molar refractivity (Wildman–Crippen MR) is 101 cm³/mol. The zero-order valence-electron chi connectivity index (χ0n) is 15.9. The molecule has 26 heavy (non-hydrogen) atoms. The topological polar surface area (TPSA) is 58.6 Å². The van der Waals surface area contributed by atoms with Crippen molar-refractivity contribution in [1.29, 1.82) is 0 Å². The number of likely N-dealkylation sites (tertiary alicyclic amines) is 1. The highest BCUT2D eigenvalue weighted by Gasteiger charge is 2.28. The molecular weight excluding hydrogens is 328 g/mol. The molecule has 3 rings (SSSR count). The summed E-state index contributed by atoms with van der Waals surface area (Å²) in [5.74, 6) is 0.0690. The first-order valence-corrected chi connectivity index (χ1v) is 9.92. The van der Waals surface area contributed by atoms with Gasteiger partial charge in [0.1, 0.15) is 0 Å². The van der Waals surface area contributed by atoms with Crippen molar-refractivity contribution in [2.24, 2.45) is 5.92 Å². The third-order valence-corrected chi connectivity index (χ3v) is 5.62. The lowest BCUT2D eigenvalue weighted by Crippen LogP contribution is -2.43. The van der Waals surface area contributed by atoms with E-state index in [9.17, 15) is 9.59 Å². The van der Waals surface area contributed by atoms with Gasteiger partial charge >= 0.3 is 6.09 Å². The number of amides is 2. The van der Waals surface area contributed by atoms with Crippen molar-refractivity contribution in [3.05, 3.63) is 34.9 Å². The third-order valence-electron chi connectivity index (χ3n) is 5.62. The smallest absolute Gasteiger partial charge is 0.409 e. The van der Waals surface area contributed by atoms with Crippen LogP contribution in [0.3, 0.4) is 0 Å². The van der Waals surface area contributed by atoms with E-state index in [0.29, 0.717) is 32.5 Å². The number of carbonyl (C=O) groups excluding carboxylic acids is 2. The molecule has 5 heteroatoms. The molecule has 1 aromatic carbocycles. The summed E-state index contributed by atoms with van der Waals surface area (Å²) in [7, 11) is 0. The molecule has 1 heterocycles. The van der Waals surface area contributed by atoms with Gasteiger partial charge in [0.05, 0.1) is 12.6 Å². The number of piperidine rings is 1. The first-order chi connectivity index (χ1) is 12.6. The molecule has 5 nitrogen and oxygen atoms in total. The quantitative estimate of drug-likeness (QED) is 0.894. The van der Waals surface area contributed by atoms with E-state index in [2.05, 4.69) is 30.4 Å². The molecule has 1 atom stereocenters. The molecule has 0 spiro atoms. The summed E-state index contributed by atoms with van der Waals surface area (Å²) in [6.07, 6.45) is 5.99. The predicted octanol–water partition coefficient (Wildman–Crippen LogP) is 3.61. The number of hydrogen-bond acceptors (Lipinski definition) is 3. The van der Waals surface area contributed by atoms with Crippen molar-refractivity contribution in [1.82, 2.24) is 10.2 Å². The van der Waals surface area contributed by atoms with Crippen molar-refractivity contribution in [2.75, 3.05) is 19.7 Å². The summed E-state index contributed by atoms with van der Waals surface area (Å²) in [5, 5.41) is 3.17. The Labute approximate surface area is 156 Å². The third kappa shape index (κ3) is 4.37. The van der Waals surface area contributed by atoms with Gasteiger partial charge in [-0.15, -0.1) is 0 Å². The van der Waals surface area contributed by atoms with E-state index >= 15 is 0 Å². The van der Waals surface area contributed by atoms with Gasteiger partial charge in [-0.2, -0.15) is 0 Å². The van der Waals surface area contributed by atoms with Crippen LogP contribution in [0.4, 0.5) is 4.79 Å². The Bertz CT molecular complexity index is 651. The van der Waals surface area contributed by atoms with Crippen molar-refractivity contribution < 1.29 is 14.3 Å². The Morgan fingerprint density at radius 2 is 1.88 bits per heavy atom. The maximum Gasteiger partial charge on any atom is 0.409 e. The summed E-state index contributed by atoms with van der Waals surface area (Å²) in [5.41, 5.74) is 4.09. The van der Waals surface area contributed by atoms with Crippen LogP contribution in [-0.2, 0) is 22.4 Å². The Morgan fingerprint density at radius 1 is 1.19 bits per heavy atom. The van der Waals surface area contributed by atoms with E-state index in [-0.39, 0.29) is 24.0 Å². The molecule has 2 aliphatic rings. The maximum atomic E-state index is 12.6. The van der Waals surface area contributed by atoms with Crippen molar-refractivity contribution >= 4 is 12.0 Å². The lowest BCUT2D eigenvalue weighted by molar-refractivity contribution is -0.127. The summed E-state index contributed by atoms with van der Waals surface area (Å²) >= 11 is 0. The molecule has 1 aliphatic carbocycles. The fourth-order valence-corrected chi connectivity index (χ4v) is 3.98. The number of nitrogens with zero attached hydrogens (tertiary/aromatic N) is 1. The van der Waals surface area contributed by atoms with Gasteiger partial charge in [-0.1, -0.05) is 18.2 Å². The summed E-state index contributed by atoms with van der Waals surface area (Å²) in [4.78, 5) is 26.1. The van der Waals surface area contributed by atoms with E-state index in [1.807, 2.05) is 0 Å². The fourth-order valence-electron chi connectivity index (χ4n) is 3.98. The van der Waals surface area contributed by atoms with Gasteiger partial charge in [0.2, 0.25) is 5.91 Å². The van der Waals surface area contributed by atoms with E-state index in [1.54, 1.807) is 11.8 Å². The summed E-state index contributed by atoms with van der Waals surface area (Å²) in [6.45, 7) is 5.42. The lowest BCUT2D eigenvalue weighted by Gasteiger charge is -2.31. The number of aryl methyl sites for hydroxylation is 2. The van der Waals surface area contributed by atoms with E-state index in [4.69, 9.17) is 4.74 Å². The number of benzene rings is 1. The van der Waals surface area contributed by atoms with Crippen molar-refractivity contribution in [3.8, 4) is 0 Å². The highest BCUT2D eigenvalue weighted by Crippen LogP contribution is 2.25. The lowest BCUT2D eigenvalue weighted by atomic mass is 9.89. The van der Waals surface area contributed by atoms with Crippen LogP contribution in [0.2, 0.25) is 0 Å². The molecule has 0 bridgehead atoms. The van der Waals surface area contributed by atoms with Crippen molar-refractivity contribution in [2.45, 2.75) is 58.4 Å². The van der Waals surface area contributed by atoms with Crippen LogP contribution in [-0.4, -0.2) is 36.6 Å². The molecule has 2 amide bonds. The number of ether oxygens (including phenoxy) is 1. The van der Waals surface area contributed by atoms with Crippen LogP contribution in [0.15, 0.2) is 18.2 Å². The first-order valence-electron chi connectivity index (χ1n) is 9.92. The minimum absolute atomic E-state index is 0.0119. The Morgan fingerprint density at radius 3 is 2.58 bits per heavy atom. The molecule has 1 fully saturated rings.